The Morgan fingerprint density at radius 2 is 2.00 bits per heavy atom. The molecule has 0 aromatic carbocycles. The van der Waals surface area contributed by atoms with Gasteiger partial charge in [0.2, 0.25) is 0 Å². The van der Waals surface area contributed by atoms with Crippen molar-refractivity contribution in [1.29, 1.82) is 0 Å². The number of aliphatic hydroxyl groups is 1. The molecule has 0 radical (unpaired) electrons. The Labute approximate surface area is 119 Å². The Kier molecular flexibility index (Phi) is 3.06. The minimum Gasteiger partial charge on any atom is -0.391 e. The van der Waals surface area contributed by atoms with Crippen molar-refractivity contribution in [2.75, 3.05) is 26.2 Å². The maximum atomic E-state index is 12.0. The molecule has 1 saturated carbocycles. The minimum atomic E-state index is -0.779. The number of nitrogens with zero attached hydrogens (tertiary/aromatic N) is 2. The molecule has 3 fully saturated rings. The molecule has 1 spiro atoms. The van der Waals surface area contributed by atoms with Crippen molar-refractivity contribution in [2.45, 2.75) is 44.8 Å². The van der Waals surface area contributed by atoms with E-state index in [-0.39, 0.29) is 23.5 Å². The van der Waals surface area contributed by atoms with Crippen LogP contribution in [0.25, 0.3) is 0 Å². The van der Waals surface area contributed by atoms with Gasteiger partial charge >= 0.3 is 6.03 Å². The fourth-order valence-electron chi connectivity index (χ4n) is 3.35. The summed E-state index contributed by atoms with van der Waals surface area (Å²) in [6, 6.07) is -0.292. The van der Waals surface area contributed by atoms with Crippen LogP contribution in [0.15, 0.2) is 0 Å². The van der Waals surface area contributed by atoms with E-state index >= 15 is 0 Å². The highest BCUT2D eigenvalue weighted by Crippen LogP contribution is 2.52. The van der Waals surface area contributed by atoms with Gasteiger partial charge in [0.15, 0.2) is 0 Å². The summed E-state index contributed by atoms with van der Waals surface area (Å²) in [6.07, 6.45) is 2.83. The van der Waals surface area contributed by atoms with E-state index in [1.807, 2.05) is 0 Å². The van der Waals surface area contributed by atoms with E-state index < -0.39 is 5.54 Å². The molecule has 2 saturated heterocycles. The van der Waals surface area contributed by atoms with Gasteiger partial charge in [-0.25, -0.2) is 4.79 Å². The zero-order valence-electron chi connectivity index (χ0n) is 12.2. The largest absolute Gasteiger partial charge is 0.391 e. The lowest BCUT2D eigenvalue weighted by atomic mass is 10.0. The number of nitrogens with one attached hydrogen (secondary N) is 1. The summed E-state index contributed by atoms with van der Waals surface area (Å²) >= 11 is 0. The average molecular weight is 281 g/mol. The Balaban J connectivity index is 1.47. The summed E-state index contributed by atoms with van der Waals surface area (Å²) in [6.45, 7) is 6.41. The molecule has 1 aliphatic carbocycles. The maximum absolute atomic E-state index is 12.0. The first-order chi connectivity index (χ1) is 9.34. The van der Waals surface area contributed by atoms with E-state index in [2.05, 4.69) is 10.2 Å². The van der Waals surface area contributed by atoms with Crippen LogP contribution in [-0.2, 0) is 4.79 Å². The summed E-state index contributed by atoms with van der Waals surface area (Å²) in [4.78, 5) is 27.3. The van der Waals surface area contributed by atoms with Crippen LogP contribution in [-0.4, -0.2) is 64.7 Å². The fraction of sp³-hybridized carbons (Fsp3) is 0.857. The summed E-state index contributed by atoms with van der Waals surface area (Å²) in [5, 5.41) is 12.7. The van der Waals surface area contributed by atoms with Gasteiger partial charge in [0, 0.05) is 25.0 Å². The van der Waals surface area contributed by atoms with Crippen LogP contribution in [0, 0.1) is 5.41 Å². The third-order valence-corrected chi connectivity index (χ3v) is 4.87. The number of amides is 3. The van der Waals surface area contributed by atoms with Crippen molar-refractivity contribution < 1.29 is 14.7 Å². The average Bonchev–Trinajstić information content (AvgIpc) is 3.01. The quantitative estimate of drug-likeness (QED) is 0.720. The van der Waals surface area contributed by atoms with E-state index in [1.165, 1.54) is 4.90 Å². The Morgan fingerprint density at radius 3 is 2.50 bits per heavy atom. The molecule has 6 heteroatoms. The Bertz CT molecular complexity index is 445. The molecule has 0 aromatic rings. The van der Waals surface area contributed by atoms with Gasteiger partial charge in [-0.2, -0.15) is 0 Å². The molecule has 1 atom stereocenters. The molecule has 3 rings (SSSR count). The first-order valence-corrected chi connectivity index (χ1v) is 7.39. The van der Waals surface area contributed by atoms with Gasteiger partial charge in [0.25, 0.3) is 5.91 Å². The van der Waals surface area contributed by atoms with Crippen LogP contribution in [0.3, 0.4) is 0 Å². The van der Waals surface area contributed by atoms with E-state index in [0.717, 1.165) is 38.9 Å². The SMILES string of the molecule is CC1(C)NC(=O)N(CCCN2CC(O)C3(CC3)C2)C1=O. The first kappa shape index (κ1) is 13.8. The minimum absolute atomic E-state index is 0.150. The van der Waals surface area contributed by atoms with Gasteiger partial charge < -0.3 is 15.3 Å². The van der Waals surface area contributed by atoms with Crippen LogP contribution >= 0.6 is 0 Å². The van der Waals surface area contributed by atoms with Gasteiger partial charge in [0.05, 0.1) is 6.10 Å². The van der Waals surface area contributed by atoms with E-state index in [0.29, 0.717) is 6.54 Å². The number of hydrogen-bond donors (Lipinski definition) is 2. The molecule has 2 heterocycles. The smallest absolute Gasteiger partial charge is 0.325 e. The zero-order valence-corrected chi connectivity index (χ0v) is 12.2. The van der Waals surface area contributed by atoms with Gasteiger partial charge in [-0.15, -0.1) is 0 Å². The maximum Gasteiger partial charge on any atom is 0.325 e. The highest BCUT2D eigenvalue weighted by Gasteiger charge is 2.54. The summed E-state index contributed by atoms with van der Waals surface area (Å²) in [5.74, 6) is -0.150. The second kappa shape index (κ2) is 4.43. The molecule has 3 amide bonds. The molecule has 0 bridgehead atoms. The molecular formula is C14H23N3O3. The molecule has 112 valence electrons. The molecule has 2 N–H and O–H groups in total. The standard InChI is InChI=1S/C14H23N3O3/c1-13(2)11(19)17(12(20)15-13)7-3-6-16-8-10(18)14(9-16)4-5-14/h10,18H,3-9H2,1-2H3,(H,15,20). The monoisotopic (exact) mass is 281 g/mol. The lowest BCUT2D eigenvalue weighted by molar-refractivity contribution is -0.130. The molecule has 6 nitrogen and oxygen atoms in total. The van der Waals surface area contributed by atoms with Crippen molar-refractivity contribution in [2.24, 2.45) is 5.41 Å². The van der Waals surface area contributed by atoms with Crippen LogP contribution in [0.5, 0.6) is 0 Å². The second-order valence-electron chi connectivity index (χ2n) is 6.98. The van der Waals surface area contributed by atoms with Crippen molar-refractivity contribution in [3.8, 4) is 0 Å². The van der Waals surface area contributed by atoms with Gasteiger partial charge in [-0.05, 0) is 39.7 Å². The second-order valence-corrected chi connectivity index (χ2v) is 6.98. The van der Waals surface area contributed by atoms with Gasteiger partial charge in [-0.1, -0.05) is 0 Å². The number of likely N-dealkylation sites (tertiary alicyclic amines) is 1. The van der Waals surface area contributed by atoms with Crippen LogP contribution < -0.4 is 5.32 Å². The number of carbonyl (C=O) groups excluding carboxylic acids is 2. The predicted octanol–water partition coefficient (Wildman–Crippen LogP) is 0.164. The Morgan fingerprint density at radius 1 is 1.30 bits per heavy atom. The van der Waals surface area contributed by atoms with Crippen molar-refractivity contribution in [3.05, 3.63) is 0 Å². The number of rotatable bonds is 4. The van der Waals surface area contributed by atoms with Crippen LogP contribution in [0.4, 0.5) is 4.79 Å². The molecule has 0 aromatic heterocycles. The number of β-amino-alcohol motifs (C(OH)–C–C–N with tert-alkyl or cyclic N) is 1. The van der Waals surface area contributed by atoms with Crippen LogP contribution in [0.1, 0.15) is 33.1 Å². The highest BCUT2D eigenvalue weighted by molar-refractivity contribution is 6.06. The number of imide groups is 1. The zero-order chi connectivity index (χ0) is 14.5. The predicted molar refractivity (Wildman–Crippen MR) is 73.1 cm³/mol. The first-order valence-electron chi connectivity index (χ1n) is 7.39. The molecule has 20 heavy (non-hydrogen) atoms. The Hall–Kier alpha value is -1.14. The lowest BCUT2D eigenvalue weighted by Gasteiger charge is -2.18. The molecule has 2 aliphatic heterocycles. The normalized spacial score (nSPS) is 31.1. The molecular weight excluding hydrogens is 258 g/mol. The molecule has 1 unspecified atom stereocenters. The third kappa shape index (κ3) is 2.20. The molecule has 3 aliphatic rings. The number of hydrogen-bond acceptors (Lipinski definition) is 4. The van der Waals surface area contributed by atoms with Gasteiger partial charge in [-0.3, -0.25) is 9.69 Å². The van der Waals surface area contributed by atoms with Gasteiger partial charge in [0.1, 0.15) is 5.54 Å². The summed E-state index contributed by atoms with van der Waals surface area (Å²) < 4.78 is 0. The van der Waals surface area contributed by atoms with E-state index in [4.69, 9.17) is 0 Å². The topological polar surface area (TPSA) is 72.9 Å². The van der Waals surface area contributed by atoms with E-state index in [1.54, 1.807) is 13.8 Å². The van der Waals surface area contributed by atoms with Crippen molar-refractivity contribution in [1.82, 2.24) is 15.1 Å². The number of carbonyl (C=O) groups is 2. The fourth-order valence-corrected chi connectivity index (χ4v) is 3.35. The summed E-state index contributed by atoms with van der Waals surface area (Å²) in [5.41, 5.74) is -0.609. The number of urea groups is 1. The van der Waals surface area contributed by atoms with E-state index in [9.17, 15) is 14.7 Å². The van der Waals surface area contributed by atoms with Crippen molar-refractivity contribution >= 4 is 11.9 Å². The third-order valence-electron chi connectivity index (χ3n) is 4.87. The van der Waals surface area contributed by atoms with Crippen molar-refractivity contribution in [3.63, 3.8) is 0 Å². The number of aliphatic hydroxyl groups excluding tert-OH is 1. The summed E-state index contributed by atoms with van der Waals surface area (Å²) in [7, 11) is 0. The lowest BCUT2D eigenvalue weighted by Crippen LogP contribution is -2.40. The highest BCUT2D eigenvalue weighted by atomic mass is 16.3. The van der Waals surface area contributed by atoms with Crippen LogP contribution in [0.2, 0.25) is 0 Å².